The predicted octanol–water partition coefficient (Wildman–Crippen LogP) is 0.857. The van der Waals surface area contributed by atoms with Gasteiger partial charge in [0.15, 0.2) is 0 Å². The minimum absolute atomic E-state index is 0. The molecule has 2 aromatic rings. The molecule has 1 radical (unpaired) electrons. The van der Waals surface area contributed by atoms with Crippen molar-refractivity contribution in [1.29, 1.82) is 0 Å². The van der Waals surface area contributed by atoms with Crippen LogP contribution in [0.4, 0.5) is 11.6 Å². The molecule has 0 aliphatic carbocycles. The number of rotatable bonds is 3. The predicted molar refractivity (Wildman–Crippen MR) is 63.7 cm³/mol. The molecule has 1 aromatic heterocycles. The van der Waals surface area contributed by atoms with Gasteiger partial charge in [-0.25, -0.2) is 23.1 Å². The Labute approximate surface area is 115 Å². The topological polar surface area (TPSA) is 98.0 Å². The van der Waals surface area contributed by atoms with Crippen LogP contribution in [0.2, 0.25) is 0 Å². The first-order valence-electron chi connectivity index (χ1n) is 4.73. The summed E-state index contributed by atoms with van der Waals surface area (Å²) < 4.78 is 26.0. The molecule has 18 heavy (non-hydrogen) atoms. The fourth-order valence-electron chi connectivity index (χ4n) is 1.18. The molecule has 0 saturated heterocycles. The number of nitrogens with zero attached hydrogens (tertiary/aromatic N) is 2. The van der Waals surface area contributed by atoms with Crippen LogP contribution in [0.3, 0.4) is 0 Å². The van der Waals surface area contributed by atoms with Gasteiger partial charge >= 0.3 is 0 Å². The minimum atomic E-state index is -3.66. The summed E-state index contributed by atoms with van der Waals surface area (Å²) in [5.74, 6) is 0.0318. The molecule has 1 aromatic carbocycles. The van der Waals surface area contributed by atoms with Crippen LogP contribution in [0.15, 0.2) is 47.6 Å². The van der Waals surface area contributed by atoms with E-state index >= 15 is 0 Å². The number of hydrogen-bond acceptors (Lipinski definition) is 5. The second-order valence-electron chi connectivity index (χ2n) is 3.25. The van der Waals surface area contributed by atoms with Crippen LogP contribution in [0.1, 0.15) is 0 Å². The molecule has 3 N–H and O–H groups in total. The third-order valence-electron chi connectivity index (χ3n) is 1.98. The van der Waals surface area contributed by atoms with Gasteiger partial charge in [-0.1, -0.05) is 0 Å². The zero-order valence-corrected chi connectivity index (χ0v) is 10.9. The molecule has 0 saturated carbocycles. The minimum Gasteiger partial charge on any atom is -0.399 e. The first-order valence-corrected chi connectivity index (χ1v) is 6.22. The number of nitrogens with two attached hydrogens (primary N) is 1. The molecule has 2 rings (SSSR count). The van der Waals surface area contributed by atoms with Gasteiger partial charge in [0.2, 0.25) is 5.95 Å². The number of nitrogen functional groups attached to an aromatic ring is 1. The van der Waals surface area contributed by atoms with E-state index in [4.69, 9.17) is 5.73 Å². The van der Waals surface area contributed by atoms with Crippen LogP contribution >= 0.6 is 0 Å². The number of nitrogens with one attached hydrogen (secondary N) is 1. The number of hydrogen-bond donors (Lipinski definition) is 2. The Hall–Kier alpha value is -1.64. The number of sulfonamides is 1. The van der Waals surface area contributed by atoms with E-state index in [1.807, 2.05) is 0 Å². The third-order valence-corrected chi connectivity index (χ3v) is 3.33. The Morgan fingerprint density at radius 3 is 2.17 bits per heavy atom. The van der Waals surface area contributed by atoms with Crippen molar-refractivity contribution in [1.82, 2.24) is 9.97 Å². The number of benzene rings is 1. The standard InChI is InChI=1S/C10H10N4O2S.Co/c11-8-2-4-9(5-3-8)17(15,16)14-10-12-6-1-7-13-10;/h1-7H,11H2,(H,12,13,14);. The Kier molecular flexibility index (Phi) is 4.65. The first-order chi connectivity index (χ1) is 8.08. The quantitative estimate of drug-likeness (QED) is 0.819. The van der Waals surface area contributed by atoms with Crippen LogP contribution in [0.5, 0.6) is 0 Å². The van der Waals surface area contributed by atoms with E-state index in [0.717, 1.165) is 0 Å². The molecule has 0 aliphatic heterocycles. The van der Waals surface area contributed by atoms with Gasteiger partial charge in [-0.05, 0) is 30.3 Å². The SMILES string of the molecule is Nc1ccc(S(=O)(=O)Nc2ncccn2)cc1.[Co]. The molecule has 8 heteroatoms. The summed E-state index contributed by atoms with van der Waals surface area (Å²) in [6.45, 7) is 0. The monoisotopic (exact) mass is 309 g/mol. The fraction of sp³-hybridized carbons (Fsp3) is 0. The smallest absolute Gasteiger partial charge is 0.264 e. The van der Waals surface area contributed by atoms with E-state index in [1.165, 1.54) is 36.7 Å². The zero-order valence-electron chi connectivity index (χ0n) is 9.07. The first kappa shape index (κ1) is 14.4. The molecule has 0 amide bonds. The normalized spacial score (nSPS) is 10.4. The summed E-state index contributed by atoms with van der Waals surface area (Å²) >= 11 is 0. The zero-order chi connectivity index (χ0) is 12.3. The molecule has 0 fully saturated rings. The van der Waals surface area contributed by atoms with Crippen LogP contribution < -0.4 is 10.5 Å². The van der Waals surface area contributed by atoms with Gasteiger partial charge in [-0.2, -0.15) is 0 Å². The van der Waals surface area contributed by atoms with Crippen molar-refractivity contribution < 1.29 is 25.2 Å². The average molecular weight is 309 g/mol. The molecule has 0 spiro atoms. The molecule has 0 atom stereocenters. The molecule has 0 aliphatic rings. The number of anilines is 2. The van der Waals surface area contributed by atoms with E-state index in [2.05, 4.69) is 14.7 Å². The summed E-state index contributed by atoms with van der Waals surface area (Å²) in [6.07, 6.45) is 2.90. The van der Waals surface area contributed by atoms with Gasteiger partial charge in [0.05, 0.1) is 4.90 Å². The molecular formula is C10H10CoN4O2S. The van der Waals surface area contributed by atoms with Crippen molar-refractivity contribution in [3.05, 3.63) is 42.7 Å². The van der Waals surface area contributed by atoms with E-state index in [0.29, 0.717) is 5.69 Å². The molecule has 97 valence electrons. The van der Waals surface area contributed by atoms with E-state index < -0.39 is 10.0 Å². The van der Waals surface area contributed by atoms with E-state index in [1.54, 1.807) is 6.07 Å². The van der Waals surface area contributed by atoms with Crippen molar-refractivity contribution in [2.75, 3.05) is 10.5 Å². The number of aromatic nitrogens is 2. The van der Waals surface area contributed by atoms with Gasteiger partial charge in [-0.15, -0.1) is 0 Å². The van der Waals surface area contributed by atoms with Crippen LogP contribution in [0, 0.1) is 0 Å². The van der Waals surface area contributed by atoms with Gasteiger partial charge in [0.1, 0.15) is 0 Å². The average Bonchev–Trinajstić information content (AvgIpc) is 2.30. The molecule has 1 heterocycles. The summed E-state index contributed by atoms with van der Waals surface area (Å²) in [6, 6.07) is 7.46. The summed E-state index contributed by atoms with van der Waals surface area (Å²) in [5.41, 5.74) is 5.98. The van der Waals surface area contributed by atoms with Gasteiger partial charge in [-0.3, -0.25) is 0 Å². The van der Waals surface area contributed by atoms with Crippen LogP contribution in [0.25, 0.3) is 0 Å². The van der Waals surface area contributed by atoms with E-state index in [-0.39, 0.29) is 27.6 Å². The van der Waals surface area contributed by atoms with Crippen LogP contribution in [-0.4, -0.2) is 18.4 Å². The Morgan fingerprint density at radius 1 is 1.06 bits per heavy atom. The van der Waals surface area contributed by atoms with Crippen molar-refractivity contribution in [2.24, 2.45) is 0 Å². The molecule has 6 nitrogen and oxygen atoms in total. The van der Waals surface area contributed by atoms with Crippen molar-refractivity contribution in [3.8, 4) is 0 Å². The maximum atomic E-state index is 11.9. The second kappa shape index (κ2) is 5.80. The Balaban J connectivity index is 0.00000162. The van der Waals surface area contributed by atoms with Crippen LogP contribution in [-0.2, 0) is 26.8 Å². The Bertz CT molecular complexity index is 602. The van der Waals surface area contributed by atoms with Gasteiger partial charge in [0, 0.05) is 34.9 Å². The van der Waals surface area contributed by atoms with E-state index in [9.17, 15) is 8.42 Å². The molecule has 0 bridgehead atoms. The fourth-order valence-corrected chi connectivity index (χ4v) is 2.14. The van der Waals surface area contributed by atoms with Crippen molar-refractivity contribution in [3.63, 3.8) is 0 Å². The molecular weight excluding hydrogens is 299 g/mol. The van der Waals surface area contributed by atoms with Crippen molar-refractivity contribution >= 4 is 21.7 Å². The maximum Gasteiger partial charge on any atom is 0.264 e. The Morgan fingerprint density at radius 2 is 1.61 bits per heavy atom. The molecule has 0 unspecified atom stereocenters. The largest absolute Gasteiger partial charge is 0.399 e. The van der Waals surface area contributed by atoms with Crippen molar-refractivity contribution in [2.45, 2.75) is 4.90 Å². The third kappa shape index (κ3) is 3.42. The summed E-state index contributed by atoms with van der Waals surface area (Å²) in [7, 11) is -3.66. The summed E-state index contributed by atoms with van der Waals surface area (Å²) in [5, 5.41) is 0. The van der Waals surface area contributed by atoms with Gasteiger partial charge in [0.25, 0.3) is 10.0 Å². The summed E-state index contributed by atoms with van der Waals surface area (Å²) in [4.78, 5) is 7.67. The van der Waals surface area contributed by atoms with Gasteiger partial charge < -0.3 is 5.73 Å². The maximum absolute atomic E-state index is 11.9. The second-order valence-corrected chi connectivity index (χ2v) is 4.93.